The second kappa shape index (κ2) is 7.77. The number of carbonyl (C=O) groups excluding carboxylic acids is 3. The van der Waals surface area contributed by atoms with E-state index in [4.69, 9.17) is 0 Å². The maximum atomic E-state index is 12.9. The van der Waals surface area contributed by atoms with Crippen LogP contribution in [0.15, 0.2) is 12.3 Å². The van der Waals surface area contributed by atoms with E-state index in [9.17, 15) is 14.4 Å². The smallest absolute Gasteiger partial charge is 0.255 e. The van der Waals surface area contributed by atoms with Crippen LogP contribution in [0.25, 0.3) is 0 Å². The molecule has 0 unspecified atom stereocenters. The Bertz CT molecular complexity index is 782. The van der Waals surface area contributed by atoms with E-state index >= 15 is 0 Å². The first-order chi connectivity index (χ1) is 13.5. The molecule has 3 aliphatic rings. The molecule has 3 amide bonds. The molecule has 1 N–H and O–H groups in total. The van der Waals surface area contributed by atoms with Crippen LogP contribution >= 0.6 is 0 Å². The molecule has 0 bridgehead atoms. The Morgan fingerprint density at radius 2 is 1.79 bits per heavy atom. The number of nitrogens with zero attached hydrogens (tertiary/aromatic N) is 4. The Balaban J connectivity index is 1.39. The predicted molar refractivity (Wildman–Crippen MR) is 105 cm³/mol. The fourth-order valence-corrected chi connectivity index (χ4v) is 4.26. The third-order valence-electron chi connectivity index (χ3n) is 6.06. The molecule has 28 heavy (non-hydrogen) atoms. The quantitative estimate of drug-likeness (QED) is 0.830. The van der Waals surface area contributed by atoms with Crippen LogP contribution in [0.2, 0.25) is 0 Å². The summed E-state index contributed by atoms with van der Waals surface area (Å²) in [4.78, 5) is 47.1. The van der Waals surface area contributed by atoms with E-state index in [0.29, 0.717) is 43.0 Å². The van der Waals surface area contributed by atoms with Crippen LogP contribution in [-0.4, -0.2) is 72.3 Å². The number of hydrogen-bond donors (Lipinski definition) is 1. The number of carbonyl (C=O) groups is 3. The summed E-state index contributed by atoms with van der Waals surface area (Å²) in [6.07, 6.45) is 6.38. The van der Waals surface area contributed by atoms with Crippen LogP contribution < -0.4 is 10.2 Å². The van der Waals surface area contributed by atoms with Gasteiger partial charge in [-0.3, -0.25) is 14.4 Å². The lowest BCUT2D eigenvalue weighted by Gasteiger charge is -2.35. The zero-order valence-electron chi connectivity index (χ0n) is 16.3. The largest absolute Gasteiger partial charge is 0.359 e. The first kappa shape index (κ1) is 18.7. The topological polar surface area (TPSA) is 85.9 Å². The summed E-state index contributed by atoms with van der Waals surface area (Å²) in [5, 5.41) is 2.97. The maximum absolute atomic E-state index is 12.9. The Labute approximate surface area is 164 Å². The summed E-state index contributed by atoms with van der Waals surface area (Å²) >= 11 is 0. The first-order valence-electron chi connectivity index (χ1n) is 10.1. The minimum Gasteiger partial charge on any atom is -0.359 e. The molecule has 4 rings (SSSR count). The van der Waals surface area contributed by atoms with E-state index in [2.05, 4.69) is 10.3 Å². The van der Waals surface area contributed by atoms with Crippen LogP contribution in [0.3, 0.4) is 0 Å². The number of fused-ring (bicyclic) bond motifs is 1. The summed E-state index contributed by atoms with van der Waals surface area (Å²) in [5.41, 5.74) is 1.10. The Kier molecular flexibility index (Phi) is 5.19. The van der Waals surface area contributed by atoms with Gasteiger partial charge < -0.3 is 20.0 Å². The van der Waals surface area contributed by atoms with Crippen molar-refractivity contribution in [2.75, 3.05) is 50.0 Å². The lowest BCUT2D eigenvalue weighted by Crippen LogP contribution is -2.45. The molecule has 3 aliphatic heterocycles. The van der Waals surface area contributed by atoms with Crippen LogP contribution in [0.1, 0.15) is 42.5 Å². The molecule has 0 aromatic carbocycles. The number of amides is 3. The third-order valence-corrected chi connectivity index (χ3v) is 6.06. The monoisotopic (exact) mass is 385 g/mol. The SMILES string of the molecule is CN1C(=O)CNc2ncc(C(=O)N3CCC(C(=O)N4CCCCC4)CC3)cc21. The second-order valence-corrected chi connectivity index (χ2v) is 7.85. The number of rotatable bonds is 2. The van der Waals surface area contributed by atoms with Gasteiger partial charge in [-0.15, -0.1) is 0 Å². The van der Waals surface area contributed by atoms with Crippen LogP contribution in [-0.2, 0) is 9.59 Å². The number of aromatic nitrogens is 1. The van der Waals surface area contributed by atoms with Gasteiger partial charge in [0.1, 0.15) is 5.82 Å². The number of likely N-dealkylation sites (N-methyl/N-ethyl adjacent to an activating group) is 1. The molecule has 1 aromatic rings. The van der Waals surface area contributed by atoms with E-state index in [1.807, 2.05) is 4.90 Å². The second-order valence-electron chi connectivity index (χ2n) is 7.85. The van der Waals surface area contributed by atoms with Crippen LogP contribution in [0, 0.1) is 5.92 Å². The summed E-state index contributed by atoms with van der Waals surface area (Å²) < 4.78 is 0. The number of hydrogen-bond acceptors (Lipinski definition) is 5. The van der Waals surface area contributed by atoms with E-state index < -0.39 is 0 Å². The van der Waals surface area contributed by atoms with E-state index in [1.165, 1.54) is 11.3 Å². The zero-order chi connectivity index (χ0) is 19.7. The average Bonchev–Trinajstić information content (AvgIpc) is 2.76. The van der Waals surface area contributed by atoms with Crippen molar-refractivity contribution in [3.05, 3.63) is 17.8 Å². The number of anilines is 2. The van der Waals surface area contributed by atoms with Gasteiger partial charge in [0.15, 0.2) is 0 Å². The highest BCUT2D eigenvalue weighted by molar-refractivity contribution is 6.03. The summed E-state index contributed by atoms with van der Waals surface area (Å²) in [7, 11) is 1.69. The molecule has 0 saturated carbocycles. The maximum Gasteiger partial charge on any atom is 0.255 e. The van der Waals surface area contributed by atoms with E-state index in [-0.39, 0.29) is 30.2 Å². The van der Waals surface area contributed by atoms with Crippen molar-refractivity contribution in [3.63, 3.8) is 0 Å². The van der Waals surface area contributed by atoms with Gasteiger partial charge in [0, 0.05) is 45.3 Å². The number of piperidine rings is 2. The van der Waals surface area contributed by atoms with Crippen molar-refractivity contribution in [1.82, 2.24) is 14.8 Å². The molecule has 4 heterocycles. The van der Waals surface area contributed by atoms with Crippen molar-refractivity contribution in [3.8, 4) is 0 Å². The van der Waals surface area contributed by atoms with Gasteiger partial charge >= 0.3 is 0 Å². The standard InChI is InChI=1S/C20H27N5O3/c1-23-16-11-15(12-21-18(16)22-13-17(23)26)20(28)25-9-5-14(6-10-25)19(27)24-7-3-2-4-8-24/h11-12,14H,2-10,13H2,1H3,(H,21,22). The van der Waals surface area contributed by atoms with Crippen molar-refractivity contribution in [2.24, 2.45) is 5.92 Å². The number of likely N-dealkylation sites (tertiary alicyclic amines) is 2. The Morgan fingerprint density at radius 1 is 1.07 bits per heavy atom. The molecule has 2 fully saturated rings. The lowest BCUT2D eigenvalue weighted by atomic mass is 9.94. The van der Waals surface area contributed by atoms with Crippen LogP contribution in [0.4, 0.5) is 11.5 Å². The highest BCUT2D eigenvalue weighted by Gasteiger charge is 2.31. The van der Waals surface area contributed by atoms with Gasteiger partial charge in [0.25, 0.3) is 5.91 Å². The fourth-order valence-electron chi connectivity index (χ4n) is 4.26. The normalized spacial score (nSPS) is 20.6. The molecular formula is C20H27N5O3. The van der Waals surface area contributed by atoms with Crippen LogP contribution in [0.5, 0.6) is 0 Å². The molecule has 1 aromatic heterocycles. The molecule has 8 nitrogen and oxygen atoms in total. The van der Waals surface area contributed by atoms with Gasteiger partial charge in [0.2, 0.25) is 11.8 Å². The van der Waals surface area contributed by atoms with Crippen molar-refractivity contribution in [1.29, 1.82) is 0 Å². The highest BCUT2D eigenvalue weighted by Crippen LogP contribution is 2.28. The molecule has 8 heteroatoms. The van der Waals surface area contributed by atoms with Gasteiger partial charge in [-0.05, 0) is 38.2 Å². The first-order valence-corrected chi connectivity index (χ1v) is 10.1. The molecular weight excluding hydrogens is 358 g/mol. The third kappa shape index (κ3) is 3.55. The van der Waals surface area contributed by atoms with Gasteiger partial charge in [-0.25, -0.2) is 4.98 Å². The highest BCUT2D eigenvalue weighted by atomic mass is 16.2. The average molecular weight is 385 g/mol. The number of pyridine rings is 1. The number of nitrogens with one attached hydrogen (secondary N) is 1. The molecule has 2 saturated heterocycles. The predicted octanol–water partition coefficient (Wildman–Crippen LogP) is 1.33. The molecule has 0 aliphatic carbocycles. The van der Waals surface area contributed by atoms with Crippen molar-refractivity contribution < 1.29 is 14.4 Å². The van der Waals surface area contributed by atoms with Crippen molar-refractivity contribution >= 4 is 29.2 Å². The molecule has 0 spiro atoms. The molecule has 0 atom stereocenters. The van der Waals surface area contributed by atoms with E-state index in [0.717, 1.165) is 25.9 Å². The summed E-state index contributed by atoms with van der Waals surface area (Å²) in [5.74, 6) is 0.747. The van der Waals surface area contributed by atoms with Gasteiger partial charge in [0.05, 0.1) is 17.8 Å². The van der Waals surface area contributed by atoms with Gasteiger partial charge in [-0.2, -0.15) is 0 Å². The minimum absolute atomic E-state index is 0.0248. The summed E-state index contributed by atoms with van der Waals surface area (Å²) in [6, 6.07) is 1.72. The molecule has 0 radical (unpaired) electrons. The van der Waals surface area contributed by atoms with E-state index in [1.54, 1.807) is 24.2 Å². The lowest BCUT2D eigenvalue weighted by molar-refractivity contribution is -0.137. The van der Waals surface area contributed by atoms with Gasteiger partial charge in [-0.1, -0.05) is 0 Å². The Morgan fingerprint density at radius 3 is 2.50 bits per heavy atom. The molecule has 150 valence electrons. The zero-order valence-corrected chi connectivity index (χ0v) is 16.3. The minimum atomic E-state index is -0.0920. The summed E-state index contributed by atoms with van der Waals surface area (Å²) in [6.45, 7) is 3.11. The fraction of sp³-hybridized carbons (Fsp3) is 0.600. The Hall–Kier alpha value is -2.64. The van der Waals surface area contributed by atoms with Crippen molar-refractivity contribution in [2.45, 2.75) is 32.1 Å².